The van der Waals surface area contributed by atoms with E-state index in [0.717, 1.165) is 5.56 Å². The first-order chi connectivity index (χ1) is 9.92. The van der Waals surface area contributed by atoms with E-state index in [0.29, 0.717) is 0 Å². The average Bonchev–Trinajstić information content (AvgIpc) is 2.45. The second-order valence-corrected chi connectivity index (χ2v) is 5.05. The lowest BCUT2D eigenvalue weighted by Crippen LogP contribution is -2.61. The Kier molecular flexibility index (Phi) is 6.17. The van der Waals surface area contributed by atoms with Gasteiger partial charge in [-0.2, -0.15) is 0 Å². The van der Waals surface area contributed by atoms with E-state index in [4.69, 9.17) is 9.47 Å². The van der Waals surface area contributed by atoms with Gasteiger partial charge in [0.05, 0.1) is 6.61 Å². The second kappa shape index (κ2) is 7.64. The zero-order chi connectivity index (χ0) is 15.9. The molecule has 1 aromatic carbocycles. The number of hydrogen-bond acceptors (Lipinski definition) is 4. The lowest BCUT2D eigenvalue weighted by atomic mass is 9.87. The zero-order valence-corrected chi connectivity index (χ0v) is 12.5. The number of alkyl carbamates (subject to hydrolysis) is 1. The van der Waals surface area contributed by atoms with Crippen molar-refractivity contribution in [3.8, 4) is 0 Å². The van der Waals surface area contributed by atoms with Gasteiger partial charge in [-0.25, -0.2) is 9.59 Å². The summed E-state index contributed by atoms with van der Waals surface area (Å²) in [7, 11) is 1.39. The highest BCUT2D eigenvalue weighted by atomic mass is 16.5. The molecule has 1 aromatic rings. The summed E-state index contributed by atoms with van der Waals surface area (Å²) in [6.45, 7) is 3.34. The Morgan fingerprint density at radius 1 is 1.29 bits per heavy atom. The molecular weight excluding hydrogens is 274 g/mol. The molecular formula is C15H21NO5. The van der Waals surface area contributed by atoms with Crippen LogP contribution in [0.25, 0.3) is 0 Å². The number of aliphatic carboxylic acids is 1. The number of nitrogens with one attached hydrogen (secondary N) is 1. The van der Waals surface area contributed by atoms with Crippen molar-refractivity contribution in [2.75, 3.05) is 13.7 Å². The Bertz CT molecular complexity index is 474. The van der Waals surface area contributed by atoms with Gasteiger partial charge in [-0.1, -0.05) is 44.2 Å². The molecule has 0 aliphatic heterocycles. The molecule has 0 aliphatic carbocycles. The lowest BCUT2D eigenvalue weighted by molar-refractivity contribution is -0.149. The smallest absolute Gasteiger partial charge is 0.408 e. The minimum atomic E-state index is -1.51. The van der Waals surface area contributed by atoms with Gasteiger partial charge in [0.25, 0.3) is 0 Å². The molecule has 0 saturated heterocycles. The van der Waals surface area contributed by atoms with Crippen molar-refractivity contribution in [1.29, 1.82) is 0 Å². The summed E-state index contributed by atoms with van der Waals surface area (Å²) in [6, 6.07) is 9.15. The van der Waals surface area contributed by atoms with Crippen LogP contribution < -0.4 is 5.32 Å². The van der Waals surface area contributed by atoms with E-state index in [2.05, 4.69) is 5.32 Å². The van der Waals surface area contributed by atoms with E-state index >= 15 is 0 Å². The highest BCUT2D eigenvalue weighted by Gasteiger charge is 2.44. The van der Waals surface area contributed by atoms with Crippen molar-refractivity contribution >= 4 is 12.1 Å². The SMILES string of the molecule is COCC(NC(=O)OCc1ccccc1)(C(=O)O)C(C)C. The van der Waals surface area contributed by atoms with Crippen LogP contribution in [-0.2, 0) is 20.9 Å². The number of ether oxygens (including phenoxy) is 2. The first-order valence-corrected chi connectivity index (χ1v) is 6.63. The fourth-order valence-electron chi connectivity index (χ4n) is 1.88. The van der Waals surface area contributed by atoms with Gasteiger partial charge in [0.2, 0.25) is 0 Å². The monoisotopic (exact) mass is 295 g/mol. The molecule has 0 fully saturated rings. The Morgan fingerprint density at radius 3 is 2.38 bits per heavy atom. The predicted molar refractivity (Wildman–Crippen MR) is 76.8 cm³/mol. The first kappa shape index (κ1) is 17.0. The van der Waals surface area contributed by atoms with Crippen LogP contribution in [0.4, 0.5) is 4.79 Å². The van der Waals surface area contributed by atoms with E-state index in [9.17, 15) is 14.7 Å². The van der Waals surface area contributed by atoms with Gasteiger partial charge in [-0.15, -0.1) is 0 Å². The third-order valence-electron chi connectivity index (χ3n) is 3.28. The molecule has 2 N–H and O–H groups in total. The van der Waals surface area contributed by atoms with Gasteiger partial charge in [0, 0.05) is 7.11 Å². The van der Waals surface area contributed by atoms with Crippen LogP contribution >= 0.6 is 0 Å². The number of carboxylic acid groups (broad SMARTS) is 1. The van der Waals surface area contributed by atoms with Crippen molar-refractivity contribution in [2.24, 2.45) is 5.92 Å². The molecule has 1 amide bonds. The van der Waals surface area contributed by atoms with Crippen LogP contribution in [0.2, 0.25) is 0 Å². The second-order valence-electron chi connectivity index (χ2n) is 5.05. The number of amides is 1. The van der Waals surface area contributed by atoms with Gasteiger partial charge in [-0.3, -0.25) is 0 Å². The summed E-state index contributed by atoms with van der Waals surface area (Å²) in [5, 5.41) is 11.8. The maximum absolute atomic E-state index is 11.9. The summed E-state index contributed by atoms with van der Waals surface area (Å²) >= 11 is 0. The molecule has 1 unspecified atom stereocenters. The molecule has 0 radical (unpaired) electrons. The van der Waals surface area contributed by atoms with E-state index < -0.39 is 17.6 Å². The van der Waals surface area contributed by atoms with Crippen LogP contribution in [-0.4, -0.2) is 36.4 Å². The highest BCUT2D eigenvalue weighted by molar-refractivity contribution is 5.84. The van der Waals surface area contributed by atoms with Crippen molar-refractivity contribution in [1.82, 2.24) is 5.32 Å². The van der Waals surface area contributed by atoms with Gasteiger partial charge < -0.3 is 19.9 Å². The number of carbonyl (C=O) groups is 2. The normalized spacial score (nSPS) is 13.5. The molecule has 1 atom stereocenters. The summed E-state index contributed by atoms with van der Waals surface area (Å²) in [6.07, 6.45) is -0.785. The molecule has 0 aliphatic rings. The van der Waals surface area contributed by atoms with Crippen LogP contribution in [0, 0.1) is 5.92 Å². The van der Waals surface area contributed by atoms with Crippen molar-refractivity contribution < 1.29 is 24.2 Å². The third kappa shape index (κ3) is 4.46. The van der Waals surface area contributed by atoms with Gasteiger partial charge in [-0.05, 0) is 11.5 Å². The van der Waals surface area contributed by atoms with E-state index in [1.807, 2.05) is 30.3 Å². The lowest BCUT2D eigenvalue weighted by Gasteiger charge is -2.32. The van der Waals surface area contributed by atoms with Crippen LogP contribution in [0.5, 0.6) is 0 Å². The van der Waals surface area contributed by atoms with Crippen LogP contribution in [0.1, 0.15) is 19.4 Å². The molecule has 1 rings (SSSR count). The Balaban J connectivity index is 2.70. The molecule has 0 heterocycles. The van der Waals surface area contributed by atoms with Crippen molar-refractivity contribution in [3.05, 3.63) is 35.9 Å². The molecule has 0 spiro atoms. The van der Waals surface area contributed by atoms with Crippen LogP contribution in [0.15, 0.2) is 30.3 Å². The standard InChI is InChI=1S/C15H21NO5/c1-11(2)15(10-20-3,13(17)18)16-14(19)21-9-12-7-5-4-6-8-12/h4-8,11H,9-10H2,1-3H3,(H,16,19)(H,17,18). The Hall–Kier alpha value is -2.08. The molecule has 6 nitrogen and oxygen atoms in total. The first-order valence-electron chi connectivity index (χ1n) is 6.63. The number of carbonyl (C=O) groups excluding carboxylic acids is 1. The van der Waals surface area contributed by atoms with Gasteiger partial charge >= 0.3 is 12.1 Å². The average molecular weight is 295 g/mol. The van der Waals surface area contributed by atoms with Gasteiger partial charge in [0.1, 0.15) is 6.61 Å². The topological polar surface area (TPSA) is 84.9 Å². The molecule has 0 bridgehead atoms. The summed E-state index contributed by atoms with van der Waals surface area (Å²) in [5.41, 5.74) is -0.687. The van der Waals surface area contributed by atoms with E-state index in [1.165, 1.54) is 7.11 Å². The highest BCUT2D eigenvalue weighted by Crippen LogP contribution is 2.18. The molecule has 6 heteroatoms. The third-order valence-corrected chi connectivity index (χ3v) is 3.28. The Morgan fingerprint density at radius 2 is 1.90 bits per heavy atom. The maximum atomic E-state index is 11.9. The summed E-state index contributed by atoms with van der Waals surface area (Å²) in [4.78, 5) is 23.4. The number of benzene rings is 1. The molecule has 0 saturated carbocycles. The maximum Gasteiger partial charge on any atom is 0.408 e. The van der Waals surface area contributed by atoms with Crippen molar-refractivity contribution in [3.63, 3.8) is 0 Å². The van der Waals surface area contributed by atoms with Crippen molar-refractivity contribution in [2.45, 2.75) is 26.0 Å². The molecule has 0 aromatic heterocycles. The van der Waals surface area contributed by atoms with Gasteiger partial charge in [0.15, 0.2) is 5.54 Å². The number of hydrogen-bond donors (Lipinski definition) is 2. The van der Waals surface area contributed by atoms with Crippen LogP contribution in [0.3, 0.4) is 0 Å². The largest absolute Gasteiger partial charge is 0.479 e. The number of carboxylic acids is 1. The minimum absolute atomic E-state index is 0.0768. The molecule has 116 valence electrons. The quantitative estimate of drug-likeness (QED) is 0.804. The summed E-state index contributed by atoms with van der Waals surface area (Å²) in [5.74, 6) is -1.52. The Labute approximate surface area is 124 Å². The molecule has 21 heavy (non-hydrogen) atoms. The van der Waals surface area contributed by atoms with E-state index in [1.54, 1.807) is 13.8 Å². The van der Waals surface area contributed by atoms with E-state index in [-0.39, 0.29) is 19.1 Å². The zero-order valence-electron chi connectivity index (χ0n) is 12.5. The predicted octanol–water partition coefficient (Wildman–Crippen LogP) is 2.04. The number of rotatable bonds is 7. The minimum Gasteiger partial charge on any atom is -0.479 e. The fourth-order valence-corrected chi connectivity index (χ4v) is 1.88. The fraction of sp³-hybridized carbons (Fsp3) is 0.467. The number of methoxy groups -OCH3 is 1. The summed E-state index contributed by atoms with van der Waals surface area (Å²) < 4.78 is 10.0.